The van der Waals surface area contributed by atoms with Crippen molar-refractivity contribution in [2.24, 2.45) is 5.92 Å². The topological polar surface area (TPSA) is 25.4 Å². The highest BCUT2D eigenvalue weighted by molar-refractivity contribution is 5.34. The summed E-state index contributed by atoms with van der Waals surface area (Å²) in [7, 11) is 0. The highest BCUT2D eigenvalue weighted by Crippen LogP contribution is 2.37. The van der Waals surface area contributed by atoms with Crippen LogP contribution in [0.2, 0.25) is 0 Å². The van der Waals surface area contributed by atoms with Crippen molar-refractivity contribution >= 4 is 0 Å². The first kappa shape index (κ1) is 15.0. The maximum absolute atomic E-state index is 6.04. The lowest BCUT2D eigenvalue weighted by molar-refractivity contribution is 0.225. The smallest absolute Gasteiger partial charge is 0.223 e. The molecule has 3 nitrogen and oxygen atoms in total. The highest BCUT2D eigenvalue weighted by atomic mass is 16.5. The Balaban J connectivity index is 1.84. The van der Waals surface area contributed by atoms with Crippen LogP contribution in [0.5, 0.6) is 11.6 Å². The summed E-state index contributed by atoms with van der Waals surface area (Å²) < 4.78 is 6.04. The Bertz CT molecular complexity index is 597. The number of likely N-dealkylation sites (tertiary alicyclic amines) is 1. The molecule has 0 amide bonds. The molecule has 116 valence electrons. The van der Waals surface area contributed by atoms with Crippen LogP contribution in [0.1, 0.15) is 38.3 Å². The van der Waals surface area contributed by atoms with Crippen LogP contribution in [0.25, 0.3) is 0 Å². The zero-order valence-electron chi connectivity index (χ0n) is 13.4. The zero-order valence-corrected chi connectivity index (χ0v) is 13.4. The molecule has 1 aliphatic heterocycles. The summed E-state index contributed by atoms with van der Waals surface area (Å²) in [6, 6.07) is 14.5. The minimum absolute atomic E-state index is 0.426. The van der Waals surface area contributed by atoms with E-state index >= 15 is 0 Å². The lowest BCUT2D eigenvalue weighted by atomic mass is 10.1. The molecule has 1 saturated heterocycles. The van der Waals surface area contributed by atoms with Gasteiger partial charge in [-0.3, -0.25) is 4.90 Å². The molecule has 3 rings (SSSR count). The second kappa shape index (κ2) is 6.93. The van der Waals surface area contributed by atoms with E-state index in [1.165, 1.54) is 24.9 Å². The zero-order chi connectivity index (χ0) is 15.4. The van der Waals surface area contributed by atoms with Gasteiger partial charge in [0.15, 0.2) is 0 Å². The van der Waals surface area contributed by atoms with Crippen molar-refractivity contribution in [1.29, 1.82) is 0 Å². The van der Waals surface area contributed by atoms with Crippen molar-refractivity contribution in [3.63, 3.8) is 0 Å². The van der Waals surface area contributed by atoms with E-state index in [0.717, 1.165) is 18.2 Å². The molecule has 1 aromatic heterocycles. The van der Waals surface area contributed by atoms with Gasteiger partial charge in [-0.25, -0.2) is 4.98 Å². The van der Waals surface area contributed by atoms with Gasteiger partial charge in [0, 0.05) is 24.3 Å². The first-order valence-corrected chi connectivity index (χ1v) is 8.16. The quantitative estimate of drug-likeness (QED) is 0.802. The van der Waals surface area contributed by atoms with E-state index in [-0.39, 0.29) is 0 Å². The van der Waals surface area contributed by atoms with Gasteiger partial charge in [0.2, 0.25) is 5.88 Å². The van der Waals surface area contributed by atoms with Gasteiger partial charge in [-0.1, -0.05) is 38.1 Å². The second-order valence-electron chi connectivity index (χ2n) is 6.36. The highest BCUT2D eigenvalue weighted by Gasteiger charge is 2.29. The fraction of sp³-hybridized carbons (Fsp3) is 0.421. The van der Waals surface area contributed by atoms with Gasteiger partial charge in [0.1, 0.15) is 5.75 Å². The maximum Gasteiger partial charge on any atom is 0.223 e. The predicted octanol–water partition coefficient (Wildman–Crippen LogP) is 4.67. The van der Waals surface area contributed by atoms with Crippen molar-refractivity contribution in [3.8, 4) is 11.6 Å². The molecular formula is C19H24N2O. The van der Waals surface area contributed by atoms with Crippen molar-refractivity contribution < 1.29 is 4.74 Å². The van der Waals surface area contributed by atoms with Crippen LogP contribution >= 0.6 is 0 Å². The number of para-hydroxylation sites is 1. The van der Waals surface area contributed by atoms with E-state index < -0.39 is 0 Å². The number of hydrogen-bond donors (Lipinski definition) is 0. The molecule has 0 N–H and O–H groups in total. The first-order chi connectivity index (χ1) is 10.7. The standard InChI is InChI=1S/C19H24N2O/c1-15(2)14-21-13-7-11-18(21)17-10-6-12-20-19(17)22-16-8-4-3-5-9-16/h3-6,8-10,12,15,18H,7,11,13-14H2,1-2H3/t18-/m0/s1. The van der Waals surface area contributed by atoms with Gasteiger partial charge in [-0.2, -0.15) is 0 Å². The summed E-state index contributed by atoms with van der Waals surface area (Å²) in [4.78, 5) is 7.05. The molecule has 0 bridgehead atoms. The van der Waals surface area contributed by atoms with Crippen LogP contribution in [0.3, 0.4) is 0 Å². The minimum atomic E-state index is 0.426. The van der Waals surface area contributed by atoms with Crippen molar-refractivity contribution in [3.05, 3.63) is 54.2 Å². The number of pyridine rings is 1. The summed E-state index contributed by atoms with van der Waals surface area (Å²) in [6.45, 7) is 6.85. The summed E-state index contributed by atoms with van der Waals surface area (Å²) in [5, 5.41) is 0. The molecular weight excluding hydrogens is 272 g/mol. The van der Waals surface area contributed by atoms with Crippen molar-refractivity contribution in [2.45, 2.75) is 32.7 Å². The molecule has 2 aromatic rings. The summed E-state index contributed by atoms with van der Waals surface area (Å²) in [6.07, 6.45) is 4.24. The summed E-state index contributed by atoms with van der Waals surface area (Å²) in [5.74, 6) is 2.26. The molecule has 22 heavy (non-hydrogen) atoms. The minimum Gasteiger partial charge on any atom is -0.439 e. The molecule has 2 heterocycles. The Kier molecular flexibility index (Phi) is 4.74. The Hall–Kier alpha value is -1.87. The molecule has 3 heteroatoms. The molecule has 0 radical (unpaired) electrons. The van der Waals surface area contributed by atoms with E-state index in [9.17, 15) is 0 Å². The van der Waals surface area contributed by atoms with E-state index in [2.05, 4.69) is 29.8 Å². The van der Waals surface area contributed by atoms with Crippen LogP contribution in [0.4, 0.5) is 0 Å². The van der Waals surface area contributed by atoms with Crippen LogP contribution in [-0.4, -0.2) is 23.0 Å². The third kappa shape index (κ3) is 3.47. The van der Waals surface area contributed by atoms with Crippen molar-refractivity contribution in [2.75, 3.05) is 13.1 Å². The first-order valence-electron chi connectivity index (χ1n) is 8.16. The van der Waals surface area contributed by atoms with Crippen LogP contribution < -0.4 is 4.74 Å². The fourth-order valence-electron chi connectivity index (χ4n) is 3.21. The van der Waals surface area contributed by atoms with Gasteiger partial charge in [0.05, 0.1) is 0 Å². The van der Waals surface area contributed by atoms with Gasteiger partial charge in [0.25, 0.3) is 0 Å². The fourth-order valence-corrected chi connectivity index (χ4v) is 3.21. The summed E-state index contributed by atoms with van der Waals surface area (Å²) in [5.41, 5.74) is 1.21. The van der Waals surface area contributed by atoms with E-state index in [1.54, 1.807) is 0 Å². The average Bonchev–Trinajstić information content (AvgIpc) is 2.96. The number of nitrogens with zero attached hydrogens (tertiary/aromatic N) is 2. The normalized spacial score (nSPS) is 18.8. The van der Waals surface area contributed by atoms with Crippen LogP contribution in [0.15, 0.2) is 48.7 Å². The number of aromatic nitrogens is 1. The SMILES string of the molecule is CC(C)CN1CCC[C@H]1c1cccnc1Oc1ccccc1. The lowest BCUT2D eigenvalue weighted by Crippen LogP contribution is -2.27. The average molecular weight is 296 g/mol. The molecule has 0 spiro atoms. The van der Waals surface area contributed by atoms with E-state index in [1.807, 2.05) is 42.6 Å². The van der Waals surface area contributed by atoms with E-state index in [0.29, 0.717) is 12.0 Å². The Morgan fingerprint density at radius 3 is 2.77 bits per heavy atom. The number of ether oxygens (including phenoxy) is 1. The second-order valence-corrected chi connectivity index (χ2v) is 6.36. The predicted molar refractivity (Wildman–Crippen MR) is 89.1 cm³/mol. The van der Waals surface area contributed by atoms with Gasteiger partial charge < -0.3 is 4.74 Å². The van der Waals surface area contributed by atoms with Crippen LogP contribution in [0, 0.1) is 5.92 Å². The molecule has 1 atom stereocenters. The monoisotopic (exact) mass is 296 g/mol. The van der Waals surface area contributed by atoms with Gasteiger partial charge in [-0.05, 0) is 43.5 Å². The van der Waals surface area contributed by atoms with Crippen molar-refractivity contribution in [1.82, 2.24) is 9.88 Å². The molecule has 1 aromatic carbocycles. The Labute approximate surface area is 132 Å². The van der Waals surface area contributed by atoms with Gasteiger partial charge >= 0.3 is 0 Å². The summed E-state index contributed by atoms with van der Waals surface area (Å²) >= 11 is 0. The molecule has 1 aliphatic rings. The number of benzene rings is 1. The van der Waals surface area contributed by atoms with E-state index in [4.69, 9.17) is 4.74 Å². The largest absolute Gasteiger partial charge is 0.439 e. The molecule has 0 unspecified atom stereocenters. The third-order valence-electron chi connectivity index (χ3n) is 4.08. The number of hydrogen-bond acceptors (Lipinski definition) is 3. The maximum atomic E-state index is 6.04. The molecule has 0 saturated carbocycles. The van der Waals surface area contributed by atoms with Crippen LogP contribution in [-0.2, 0) is 0 Å². The molecule has 0 aliphatic carbocycles. The Morgan fingerprint density at radius 1 is 1.18 bits per heavy atom. The third-order valence-corrected chi connectivity index (χ3v) is 4.08. The number of rotatable bonds is 5. The lowest BCUT2D eigenvalue weighted by Gasteiger charge is -2.27. The Morgan fingerprint density at radius 2 is 2.00 bits per heavy atom. The molecule has 1 fully saturated rings. The van der Waals surface area contributed by atoms with Gasteiger partial charge in [-0.15, -0.1) is 0 Å².